The van der Waals surface area contributed by atoms with Crippen molar-refractivity contribution >= 4 is 11.7 Å². The first-order valence-corrected chi connectivity index (χ1v) is 5.45. The second-order valence-corrected chi connectivity index (χ2v) is 3.99. The second kappa shape index (κ2) is 4.65. The van der Waals surface area contributed by atoms with Crippen molar-refractivity contribution in [3.05, 3.63) is 47.0 Å². The van der Waals surface area contributed by atoms with E-state index in [1.54, 1.807) is 12.3 Å². The topological polar surface area (TPSA) is 63.8 Å². The molecule has 0 amide bonds. The summed E-state index contributed by atoms with van der Waals surface area (Å²) in [6.07, 6.45) is 1.65. The van der Waals surface area contributed by atoms with Gasteiger partial charge in [-0.3, -0.25) is 5.84 Å². The number of hydrogen-bond acceptors (Lipinski definition) is 5. The van der Waals surface area contributed by atoms with Crippen LogP contribution in [0, 0.1) is 12.7 Å². The molecule has 0 aliphatic carbocycles. The van der Waals surface area contributed by atoms with Gasteiger partial charge in [-0.25, -0.2) is 9.82 Å². The van der Waals surface area contributed by atoms with E-state index in [-0.39, 0.29) is 11.9 Å². The van der Waals surface area contributed by atoms with Crippen LogP contribution >= 0.6 is 11.7 Å². The maximum absolute atomic E-state index is 13.0. The molecule has 16 heavy (non-hydrogen) atoms. The normalized spacial score (nSPS) is 12.7. The van der Waals surface area contributed by atoms with Crippen molar-refractivity contribution in [2.75, 3.05) is 0 Å². The number of nitrogens with two attached hydrogens (primary N) is 1. The molecule has 1 unspecified atom stereocenters. The van der Waals surface area contributed by atoms with E-state index >= 15 is 0 Å². The van der Waals surface area contributed by atoms with Gasteiger partial charge in [0.2, 0.25) is 0 Å². The molecule has 0 aliphatic heterocycles. The lowest BCUT2D eigenvalue weighted by Gasteiger charge is -2.15. The van der Waals surface area contributed by atoms with Crippen molar-refractivity contribution in [1.29, 1.82) is 0 Å². The van der Waals surface area contributed by atoms with Crippen molar-refractivity contribution in [3.63, 3.8) is 0 Å². The summed E-state index contributed by atoms with van der Waals surface area (Å²) >= 11 is 1.12. The monoisotopic (exact) mass is 238 g/mol. The van der Waals surface area contributed by atoms with Gasteiger partial charge >= 0.3 is 0 Å². The molecule has 2 aromatic rings. The van der Waals surface area contributed by atoms with Crippen molar-refractivity contribution in [1.82, 2.24) is 14.2 Å². The Kier molecular flexibility index (Phi) is 3.23. The number of aryl methyl sites for hydroxylation is 1. The maximum Gasteiger partial charge on any atom is 0.123 e. The number of aromatic nitrogens is 2. The molecular weight excluding hydrogens is 227 g/mol. The zero-order valence-electron chi connectivity index (χ0n) is 8.64. The van der Waals surface area contributed by atoms with E-state index in [1.165, 1.54) is 12.1 Å². The molecule has 1 heterocycles. The van der Waals surface area contributed by atoms with Crippen LogP contribution in [0.3, 0.4) is 0 Å². The Morgan fingerprint density at radius 2 is 2.31 bits per heavy atom. The Bertz CT molecular complexity index is 472. The number of benzene rings is 1. The number of nitrogens with one attached hydrogen (secondary N) is 1. The molecule has 1 atom stereocenters. The number of nitrogens with zero attached hydrogens (tertiary/aromatic N) is 2. The first kappa shape index (κ1) is 11.1. The van der Waals surface area contributed by atoms with Gasteiger partial charge in [-0.05, 0) is 30.2 Å². The molecule has 0 spiro atoms. The Labute approximate surface area is 96.6 Å². The van der Waals surface area contributed by atoms with Gasteiger partial charge in [0.05, 0.1) is 29.7 Å². The minimum absolute atomic E-state index is 0.251. The molecule has 1 aromatic heterocycles. The maximum atomic E-state index is 13.0. The zero-order chi connectivity index (χ0) is 11.5. The van der Waals surface area contributed by atoms with Crippen molar-refractivity contribution in [3.8, 4) is 0 Å². The predicted molar refractivity (Wildman–Crippen MR) is 60.2 cm³/mol. The van der Waals surface area contributed by atoms with E-state index in [4.69, 9.17) is 5.84 Å². The van der Waals surface area contributed by atoms with E-state index in [9.17, 15) is 4.39 Å². The quantitative estimate of drug-likeness (QED) is 0.629. The summed E-state index contributed by atoms with van der Waals surface area (Å²) < 4.78 is 21.0. The molecular formula is C10H11FN4S. The van der Waals surface area contributed by atoms with E-state index < -0.39 is 0 Å². The third-order valence-electron chi connectivity index (χ3n) is 2.38. The fraction of sp³-hybridized carbons (Fsp3) is 0.200. The molecule has 3 N–H and O–H groups in total. The van der Waals surface area contributed by atoms with Crippen LogP contribution in [0.25, 0.3) is 0 Å². The van der Waals surface area contributed by atoms with Crippen LogP contribution < -0.4 is 11.3 Å². The van der Waals surface area contributed by atoms with Crippen LogP contribution in [0.2, 0.25) is 0 Å². The Balaban J connectivity index is 2.41. The van der Waals surface area contributed by atoms with Gasteiger partial charge in [-0.2, -0.15) is 8.75 Å². The highest BCUT2D eigenvalue weighted by atomic mass is 32.1. The summed E-state index contributed by atoms with van der Waals surface area (Å²) in [4.78, 5) is 0. The Morgan fingerprint density at radius 1 is 1.50 bits per heavy atom. The molecule has 1 aromatic carbocycles. The van der Waals surface area contributed by atoms with Gasteiger partial charge < -0.3 is 0 Å². The van der Waals surface area contributed by atoms with E-state index in [1.807, 2.05) is 6.92 Å². The number of rotatable bonds is 3. The van der Waals surface area contributed by atoms with E-state index in [0.29, 0.717) is 0 Å². The molecule has 0 radical (unpaired) electrons. The van der Waals surface area contributed by atoms with E-state index in [0.717, 1.165) is 28.5 Å². The summed E-state index contributed by atoms with van der Waals surface area (Å²) in [6.45, 7) is 1.84. The van der Waals surface area contributed by atoms with Gasteiger partial charge in [0.15, 0.2) is 0 Å². The first-order valence-electron chi connectivity index (χ1n) is 4.72. The number of hydrogen-bond donors (Lipinski definition) is 2. The van der Waals surface area contributed by atoms with Gasteiger partial charge in [0.25, 0.3) is 0 Å². The highest BCUT2D eigenvalue weighted by molar-refractivity contribution is 6.99. The second-order valence-electron chi connectivity index (χ2n) is 3.43. The molecule has 0 fully saturated rings. The minimum Gasteiger partial charge on any atom is -0.271 e. The average molecular weight is 238 g/mol. The molecule has 0 bridgehead atoms. The molecule has 0 saturated carbocycles. The Hall–Kier alpha value is -1.37. The zero-order valence-corrected chi connectivity index (χ0v) is 9.46. The predicted octanol–water partition coefficient (Wildman–Crippen LogP) is 1.54. The van der Waals surface area contributed by atoms with Crippen molar-refractivity contribution in [2.45, 2.75) is 13.0 Å². The molecule has 6 heteroatoms. The average Bonchev–Trinajstić information content (AvgIpc) is 2.75. The lowest BCUT2D eigenvalue weighted by molar-refractivity contribution is 0.606. The molecule has 84 valence electrons. The van der Waals surface area contributed by atoms with Crippen LogP contribution in [0.5, 0.6) is 0 Å². The summed E-state index contributed by atoms with van der Waals surface area (Å²) in [5.41, 5.74) is 5.13. The lowest BCUT2D eigenvalue weighted by Crippen LogP contribution is -2.29. The fourth-order valence-corrected chi connectivity index (χ4v) is 2.05. The molecule has 4 nitrogen and oxygen atoms in total. The smallest absolute Gasteiger partial charge is 0.123 e. The highest BCUT2D eigenvalue weighted by Crippen LogP contribution is 2.23. The van der Waals surface area contributed by atoms with Crippen LogP contribution in [-0.2, 0) is 0 Å². The van der Waals surface area contributed by atoms with Crippen LogP contribution in [0.1, 0.15) is 22.9 Å². The Morgan fingerprint density at radius 3 is 2.88 bits per heavy atom. The summed E-state index contributed by atoms with van der Waals surface area (Å²) in [6, 6.07) is 4.33. The number of halogens is 1. The lowest BCUT2D eigenvalue weighted by atomic mass is 9.99. The first-order chi connectivity index (χ1) is 7.72. The van der Waals surface area contributed by atoms with Gasteiger partial charge in [0.1, 0.15) is 5.82 Å². The third-order valence-corrected chi connectivity index (χ3v) is 2.88. The van der Waals surface area contributed by atoms with Crippen LogP contribution in [0.4, 0.5) is 4.39 Å². The largest absolute Gasteiger partial charge is 0.271 e. The highest BCUT2D eigenvalue weighted by Gasteiger charge is 2.17. The van der Waals surface area contributed by atoms with Crippen LogP contribution in [-0.4, -0.2) is 8.75 Å². The third kappa shape index (κ3) is 2.08. The van der Waals surface area contributed by atoms with Crippen LogP contribution in [0.15, 0.2) is 24.4 Å². The fourth-order valence-electron chi connectivity index (χ4n) is 1.60. The SMILES string of the molecule is Cc1cc(F)ccc1C(NN)c1cnsn1. The molecule has 0 saturated heterocycles. The van der Waals surface area contributed by atoms with Gasteiger partial charge in [0, 0.05) is 0 Å². The minimum atomic E-state index is -0.256. The van der Waals surface area contributed by atoms with E-state index in [2.05, 4.69) is 14.2 Å². The van der Waals surface area contributed by atoms with Gasteiger partial charge in [-0.15, -0.1) is 0 Å². The van der Waals surface area contributed by atoms with Gasteiger partial charge in [-0.1, -0.05) is 6.07 Å². The summed E-state index contributed by atoms with van der Waals surface area (Å²) in [5.74, 6) is 5.24. The molecule has 2 rings (SSSR count). The van der Waals surface area contributed by atoms with Crippen molar-refractivity contribution in [2.24, 2.45) is 5.84 Å². The standard InChI is InChI=1S/C10H11FN4S/c1-6-4-7(11)2-3-8(6)10(14-12)9-5-13-16-15-9/h2-5,10,14H,12H2,1H3. The summed E-state index contributed by atoms with van der Waals surface area (Å²) in [5, 5.41) is 0. The number of hydrazine groups is 1. The van der Waals surface area contributed by atoms with Crippen molar-refractivity contribution < 1.29 is 4.39 Å². The molecule has 0 aliphatic rings. The summed E-state index contributed by atoms with van der Waals surface area (Å²) in [7, 11) is 0.